The summed E-state index contributed by atoms with van der Waals surface area (Å²) >= 11 is 0. The summed E-state index contributed by atoms with van der Waals surface area (Å²) in [6.45, 7) is 25.9. The second-order valence-corrected chi connectivity index (χ2v) is 9.42. The van der Waals surface area contributed by atoms with Gasteiger partial charge in [-0.15, -0.1) is 0 Å². The third-order valence-electron chi connectivity index (χ3n) is 5.79. The van der Waals surface area contributed by atoms with Gasteiger partial charge in [0.25, 0.3) is 0 Å². The first-order chi connectivity index (χ1) is 16.2. The maximum atomic E-state index is 4.12. The largest absolute Gasteiger partial charge is 0.278 e. The van der Waals surface area contributed by atoms with Crippen LogP contribution in [0, 0.1) is 0 Å². The van der Waals surface area contributed by atoms with Crippen molar-refractivity contribution in [3.05, 3.63) is 58.9 Å². The van der Waals surface area contributed by atoms with Gasteiger partial charge < -0.3 is 0 Å². The van der Waals surface area contributed by atoms with Crippen molar-refractivity contribution in [2.75, 3.05) is 0 Å². The van der Waals surface area contributed by atoms with Crippen molar-refractivity contribution in [3.63, 3.8) is 0 Å². The molecule has 0 aliphatic rings. The minimum atomic E-state index is 0.534. The third kappa shape index (κ3) is 6.71. The van der Waals surface area contributed by atoms with Crippen molar-refractivity contribution >= 4 is 21.8 Å². The fourth-order valence-corrected chi connectivity index (χ4v) is 4.38. The molecule has 4 heteroatoms. The first-order valence-corrected chi connectivity index (χ1v) is 13.1. The number of rotatable bonds is 4. The smallest absolute Gasteiger partial charge is 0.0687 e. The fraction of sp³-hybridized carbons (Fsp3) is 0.533. The molecule has 188 valence electrons. The predicted octanol–water partition coefficient (Wildman–Crippen LogP) is 9.67. The molecule has 0 saturated heterocycles. The zero-order valence-corrected chi connectivity index (χ0v) is 23.7. The summed E-state index contributed by atoms with van der Waals surface area (Å²) < 4.78 is 0. The Labute approximate surface area is 208 Å². The first-order valence-electron chi connectivity index (χ1n) is 13.1. The van der Waals surface area contributed by atoms with Gasteiger partial charge in [0.2, 0.25) is 0 Å². The number of aromatic amines is 2. The predicted molar refractivity (Wildman–Crippen MR) is 151 cm³/mol. The Morgan fingerprint density at radius 3 is 1.59 bits per heavy atom. The highest BCUT2D eigenvalue weighted by Crippen LogP contribution is 2.33. The third-order valence-corrected chi connectivity index (χ3v) is 5.79. The van der Waals surface area contributed by atoms with E-state index < -0.39 is 0 Å². The van der Waals surface area contributed by atoms with E-state index in [1.165, 1.54) is 38.5 Å². The van der Waals surface area contributed by atoms with Gasteiger partial charge in [-0.25, -0.2) is 0 Å². The van der Waals surface area contributed by atoms with E-state index in [1.807, 2.05) is 40.1 Å². The lowest BCUT2D eigenvalue weighted by Gasteiger charge is -2.16. The number of benzene rings is 2. The molecule has 0 spiro atoms. The van der Waals surface area contributed by atoms with Crippen molar-refractivity contribution in [2.24, 2.45) is 0 Å². The standard InChI is InChI=1S/2C13H18N2.2C2H6/c1-8(2)10-5-6-12-11(7-14-15-12)13(10)9(3)4;1-8(2)11-6-5-10-7-14-15-13(10)12(11)9(3)4;2*1-2/h2*5-9H,1-4H3,(H,14,15);2*1-2H3. The number of aromatic nitrogens is 4. The first kappa shape index (κ1) is 29.4. The molecule has 34 heavy (non-hydrogen) atoms. The zero-order chi connectivity index (χ0) is 26.0. The van der Waals surface area contributed by atoms with E-state index in [9.17, 15) is 0 Å². The molecule has 2 heterocycles. The molecule has 4 nitrogen and oxygen atoms in total. The molecule has 2 aromatic heterocycles. The average Bonchev–Trinajstić information content (AvgIpc) is 3.49. The van der Waals surface area contributed by atoms with Crippen molar-refractivity contribution in [1.82, 2.24) is 20.4 Å². The van der Waals surface area contributed by atoms with Crippen LogP contribution in [0.15, 0.2) is 36.7 Å². The Kier molecular flexibility index (Phi) is 12.1. The Morgan fingerprint density at radius 1 is 0.559 bits per heavy atom. The Hall–Kier alpha value is -2.62. The van der Waals surface area contributed by atoms with Crippen LogP contribution in [0.1, 0.15) is 129 Å². The van der Waals surface area contributed by atoms with Crippen LogP contribution in [-0.2, 0) is 0 Å². The highest BCUT2D eigenvalue weighted by Gasteiger charge is 2.15. The van der Waals surface area contributed by atoms with Gasteiger partial charge >= 0.3 is 0 Å². The maximum absolute atomic E-state index is 4.12. The zero-order valence-electron chi connectivity index (χ0n) is 23.7. The van der Waals surface area contributed by atoms with Gasteiger partial charge in [-0.1, -0.05) is 101 Å². The summed E-state index contributed by atoms with van der Waals surface area (Å²) in [5, 5.41) is 16.9. The number of H-pyrrole nitrogens is 2. The molecule has 0 bridgehead atoms. The average molecular weight is 465 g/mol. The molecule has 0 aliphatic heterocycles. The van der Waals surface area contributed by atoms with Crippen LogP contribution in [0.5, 0.6) is 0 Å². The molecule has 0 amide bonds. The summed E-state index contributed by atoms with van der Waals surface area (Å²) in [7, 11) is 0. The molecule has 2 aromatic carbocycles. The van der Waals surface area contributed by atoms with Crippen LogP contribution in [-0.4, -0.2) is 20.4 Å². The minimum absolute atomic E-state index is 0.534. The van der Waals surface area contributed by atoms with E-state index in [0.717, 1.165) is 5.52 Å². The van der Waals surface area contributed by atoms with Crippen molar-refractivity contribution in [1.29, 1.82) is 0 Å². The lowest BCUT2D eigenvalue weighted by Crippen LogP contribution is -1.99. The molecular formula is C30H48N4. The second-order valence-electron chi connectivity index (χ2n) is 9.42. The highest BCUT2D eigenvalue weighted by molar-refractivity contribution is 5.84. The van der Waals surface area contributed by atoms with E-state index in [1.54, 1.807) is 0 Å². The van der Waals surface area contributed by atoms with Crippen molar-refractivity contribution in [3.8, 4) is 0 Å². The highest BCUT2D eigenvalue weighted by atomic mass is 15.1. The summed E-state index contributed by atoms with van der Waals surface area (Å²) in [4.78, 5) is 0. The van der Waals surface area contributed by atoms with Gasteiger partial charge in [-0.05, 0) is 52.0 Å². The van der Waals surface area contributed by atoms with E-state index in [-0.39, 0.29) is 0 Å². The molecule has 4 aromatic rings. The van der Waals surface area contributed by atoms with Crippen LogP contribution in [0.4, 0.5) is 0 Å². The van der Waals surface area contributed by atoms with Gasteiger partial charge in [0.15, 0.2) is 0 Å². The van der Waals surface area contributed by atoms with Crippen molar-refractivity contribution < 1.29 is 0 Å². The molecule has 0 radical (unpaired) electrons. The molecule has 0 saturated carbocycles. The van der Waals surface area contributed by atoms with Gasteiger partial charge in [0.05, 0.1) is 23.4 Å². The van der Waals surface area contributed by atoms with Crippen molar-refractivity contribution in [2.45, 2.75) is 107 Å². The number of fused-ring (bicyclic) bond motifs is 2. The van der Waals surface area contributed by atoms with Crippen LogP contribution < -0.4 is 0 Å². The molecule has 2 N–H and O–H groups in total. The monoisotopic (exact) mass is 464 g/mol. The SMILES string of the molecule is CC.CC.CC(C)c1ccc2[nH]ncc2c1C(C)C.CC(C)c1ccc2cn[nH]c2c1C(C)C. The number of hydrogen-bond acceptors (Lipinski definition) is 2. The van der Waals surface area contributed by atoms with E-state index >= 15 is 0 Å². The summed E-state index contributed by atoms with van der Waals surface area (Å²) in [5.74, 6) is 2.21. The second kappa shape index (κ2) is 13.9. The minimum Gasteiger partial charge on any atom is -0.278 e. The number of nitrogens with one attached hydrogen (secondary N) is 2. The molecule has 4 rings (SSSR count). The van der Waals surface area contributed by atoms with Crippen LogP contribution in [0.2, 0.25) is 0 Å². The normalized spacial score (nSPS) is 10.8. The van der Waals surface area contributed by atoms with E-state index in [4.69, 9.17) is 0 Å². The molecule has 0 fully saturated rings. The number of hydrogen-bond donors (Lipinski definition) is 2. The van der Waals surface area contributed by atoms with Crippen LogP contribution in [0.3, 0.4) is 0 Å². The quantitative estimate of drug-likeness (QED) is 0.316. The topological polar surface area (TPSA) is 57.4 Å². The Morgan fingerprint density at radius 2 is 1.06 bits per heavy atom. The van der Waals surface area contributed by atoms with Gasteiger partial charge in [-0.3, -0.25) is 10.2 Å². The molecule has 0 unspecified atom stereocenters. The van der Waals surface area contributed by atoms with E-state index in [2.05, 4.69) is 100 Å². The lowest BCUT2D eigenvalue weighted by molar-refractivity contribution is 0.795. The molecule has 0 aliphatic carbocycles. The summed E-state index contributed by atoms with van der Waals surface area (Å²) in [6, 6.07) is 8.74. The van der Waals surface area contributed by atoms with E-state index in [0.29, 0.717) is 23.7 Å². The Balaban J connectivity index is 0.000000297. The fourth-order valence-electron chi connectivity index (χ4n) is 4.38. The molecular weight excluding hydrogens is 416 g/mol. The Bertz CT molecular complexity index is 1020. The number of nitrogens with zero attached hydrogens (tertiary/aromatic N) is 2. The van der Waals surface area contributed by atoms with Gasteiger partial charge in [-0.2, -0.15) is 10.2 Å². The molecule has 0 atom stereocenters. The summed E-state index contributed by atoms with van der Waals surface area (Å²) in [5.41, 5.74) is 8.08. The van der Waals surface area contributed by atoms with Gasteiger partial charge in [0.1, 0.15) is 0 Å². The van der Waals surface area contributed by atoms with Gasteiger partial charge in [0, 0.05) is 10.8 Å². The lowest BCUT2D eigenvalue weighted by atomic mass is 9.88. The summed E-state index contributed by atoms with van der Waals surface area (Å²) in [6.07, 6.45) is 3.84. The van der Waals surface area contributed by atoms with Crippen LogP contribution in [0.25, 0.3) is 21.8 Å². The maximum Gasteiger partial charge on any atom is 0.0687 e. The van der Waals surface area contributed by atoms with Crippen LogP contribution >= 0.6 is 0 Å².